The van der Waals surface area contributed by atoms with Crippen molar-refractivity contribution in [2.45, 2.75) is 19.4 Å². The minimum absolute atomic E-state index is 0.160. The summed E-state index contributed by atoms with van der Waals surface area (Å²) in [5.41, 5.74) is 9.21. The van der Waals surface area contributed by atoms with E-state index in [0.717, 1.165) is 16.8 Å². The third-order valence-electron chi connectivity index (χ3n) is 4.51. The van der Waals surface area contributed by atoms with Gasteiger partial charge >= 0.3 is 6.09 Å². The Balaban J connectivity index is 1.59. The average Bonchev–Trinajstić information content (AvgIpc) is 3.10. The van der Waals surface area contributed by atoms with Crippen LogP contribution in [0.1, 0.15) is 12.5 Å². The van der Waals surface area contributed by atoms with Crippen LogP contribution in [0.2, 0.25) is 0 Å². The molecule has 0 bridgehead atoms. The first-order valence-electron chi connectivity index (χ1n) is 8.35. The van der Waals surface area contributed by atoms with Crippen molar-refractivity contribution in [2.75, 3.05) is 30.3 Å². The van der Waals surface area contributed by atoms with Gasteiger partial charge < -0.3 is 20.5 Å². The van der Waals surface area contributed by atoms with E-state index in [2.05, 4.69) is 15.5 Å². The molecule has 1 atom stereocenters. The monoisotopic (exact) mass is 357 g/mol. The van der Waals surface area contributed by atoms with Gasteiger partial charge in [-0.25, -0.2) is 4.79 Å². The first-order valence-corrected chi connectivity index (χ1v) is 8.35. The summed E-state index contributed by atoms with van der Waals surface area (Å²) in [7, 11) is 0. The Kier molecular flexibility index (Phi) is 3.90. The van der Waals surface area contributed by atoms with Crippen molar-refractivity contribution in [3.05, 3.63) is 23.8 Å². The number of hydrogen-bond acceptors (Lipinski definition) is 6. The van der Waals surface area contributed by atoms with Gasteiger partial charge in [0.25, 0.3) is 0 Å². The highest BCUT2D eigenvalue weighted by Gasteiger charge is 2.33. The number of nitrogen functional groups attached to an aromatic ring is 1. The van der Waals surface area contributed by atoms with Gasteiger partial charge in [0.15, 0.2) is 0 Å². The number of amides is 2. The molecule has 2 amide bonds. The fourth-order valence-electron chi connectivity index (χ4n) is 3.22. The van der Waals surface area contributed by atoms with E-state index in [4.69, 9.17) is 15.2 Å². The predicted octanol–water partition coefficient (Wildman–Crippen LogP) is 1.06. The van der Waals surface area contributed by atoms with Crippen LogP contribution in [0.15, 0.2) is 18.2 Å². The van der Waals surface area contributed by atoms with Crippen LogP contribution in [0.5, 0.6) is 5.75 Å². The summed E-state index contributed by atoms with van der Waals surface area (Å²) in [6.07, 6.45) is -0.169. The Hall–Kier alpha value is -3.23. The highest BCUT2D eigenvalue weighted by molar-refractivity contribution is 5.91. The summed E-state index contributed by atoms with van der Waals surface area (Å²) >= 11 is 0. The molecule has 2 aliphatic rings. The van der Waals surface area contributed by atoms with Crippen LogP contribution in [-0.2, 0) is 16.0 Å². The van der Waals surface area contributed by atoms with Crippen LogP contribution in [0.3, 0.4) is 0 Å². The van der Waals surface area contributed by atoms with E-state index in [1.807, 2.05) is 18.2 Å². The van der Waals surface area contributed by atoms with Crippen molar-refractivity contribution in [2.24, 2.45) is 0 Å². The van der Waals surface area contributed by atoms with Crippen LogP contribution >= 0.6 is 0 Å². The van der Waals surface area contributed by atoms with Crippen molar-refractivity contribution < 1.29 is 19.1 Å². The first kappa shape index (κ1) is 16.2. The number of aromatic amines is 1. The third kappa shape index (κ3) is 2.81. The maximum atomic E-state index is 12.2. The third-order valence-corrected chi connectivity index (χ3v) is 4.51. The van der Waals surface area contributed by atoms with Gasteiger partial charge in [0, 0.05) is 30.5 Å². The molecule has 9 heteroatoms. The van der Waals surface area contributed by atoms with E-state index in [1.54, 1.807) is 0 Å². The zero-order valence-corrected chi connectivity index (χ0v) is 14.2. The number of H-pyrrole nitrogens is 1. The second-order valence-electron chi connectivity index (χ2n) is 6.29. The number of carbonyl (C=O) groups is 2. The Bertz CT molecular complexity index is 878. The zero-order valence-electron chi connectivity index (χ0n) is 14.2. The lowest BCUT2D eigenvalue weighted by molar-refractivity contribution is -0.119. The Labute approximate surface area is 149 Å². The van der Waals surface area contributed by atoms with Crippen molar-refractivity contribution in [3.8, 4) is 17.0 Å². The van der Waals surface area contributed by atoms with Gasteiger partial charge in [0.2, 0.25) is 5.91 Å². The van der Waals surface area contributed by atoms with Crippen molar-refractivity contribution in [1.82, 2.24) is 15.5 Å². The first-order chi connectivity index (χ1) is 12.5. The molecular weight excluding hydrogens is 338 g/mol. The second kappa shape index (κ2) is 6.25. The zero-order chi connectivity index (χ0) is 18.3. The molecule has 1 saturated heterocycles. The number of benzene rings is 1. The Morgan fingerprint density at radius 2 is 2.35 bits per heavy atom. The molecule has 26 heavy (non-hydrogen) atoms. The summed E-state index contributed by atoms with van der Waals surface area (Å²) in [5.74, 6) is 0.972. The molecule has 136 valence electrons. The number of ether oxygens (including phenoxy) is 2. The summed E-state index contributed by atoms with van der Waals surface area (Å²) < 4.78 is 11.2. The molecule has 9 nitrogen and oxygen atoms in total. The van der Waals surface area contributed by atoms with Gasteiger partial charge in [-0.3, -0.25) is 14.8 Å². The van der Waals surface area contributed by atoms with E-state index >= 15 is 0 Å². The van der Waals surface area contributed by atoms with Gasteiger partial charge in [0.1, 0.15) is 17.7 Å². The normalized spacial score (nSPS) is 18.4. The van der Waals surface area contributed by atoms with Gasteiger partial charge in [-0.05, 0) is 12.1 Å². The van der Waals surface area contributed by atoms with E-state index in [1.165, 1.54) is 11.8 Å². The lowest BCUT2D eigenvalue weighted by Crippen LogP contribution is -2.33. The molecule has 4 rings (SSSR count). The van der Waals surface area contributed by atoms with E-state index < -0.39 is 6.09 Å². The quantitative estimate of drug-likeness (QED) is 0.755. The molecule has 0 aliphatic carbocycles. The molecule has 0 saturated carbocycles. The topological polar surface area (TPSA) is 123 Å². The largest absolute Gasteiger partial charge is 0.492 e. The lowest BCUT2D eigenvalue weighted by atomic mass is 10.0. The molecular formula is C17H19N5O4. The maximum Gasteiger partial charge on any atom is 0.414 e. The van der Waals surface area contributed by atoms with E-state index in [-0.39, 0.29) is 18.6 Å². The van der Waals surface area contributed by atoms with Crippen molar-refractivity contribution in [1.29, 1.82) is 0 Å². The van der Waals surface area contributed by atoms with E-state index in [0.29, 0.717) is 36.8 Å². The number of nitrogens with zero attached hydrogens (tertiary/aromatic N) is 2. The molecule has 1 aromatic carbocycles. The van der Waals surface area contributed by atoms with Gasteiger partial charge in [0.05, 0.1) is 31.1 Å². The molecule has 2 aromatic rings. The smallest absolute Gasteiger partial charge is 0.414 e. The number of rotatable bonds is 3. The van der Waals surface area contributed by atoms with Gasteiger partial charge in [-0.15, -0.1) is 0 Å². The number of hydrogen-bond donors (Lipinski definition) is 3. The summed E-state index contributed by atoms with van der Waals surface area (Å²) in [4.78, 5) is 24.7. The van der Waals surface area contributed by atoms with E-state index in [9.17, 15) is 9.59 Å². The number of nitrogens with two attached hydrogens (primary N) is 1. The van der Waals surface area contributed by atoms with Crippen LogP contribution < -0.4 is 20.7 Å². The highest BCUT2D eigenvalue weighted by atomic mass is 16.6. The molecule has 0 spiro atoms. The number of carbonyl (C=O) groups excluding carboxylic acids is 2. The Morgan fingerprint density at radius 3 is 3.15 bits per heavy atom. The standard InChI is InChI=1S/C17H19N5O4/c1-9(23)19-7-11-8-22(17(24)26-11)10-2-3-12-14(6-10)25-5-4-13-15(12)20-21-16(13)18/h2-3,6,11H,4-5,7-8H2,1H3,(H,19,23)(H3,18,20,21)/t11-/m0/s1. The van der Waals surface area contributed by atoms with Crippen LogP contribution in [-0.4, -0.2) is 48.0 Å². The number of fused-ring (bicyclic) bond motifs is 3. The second-order valence-corrected chi connectivity index (χ2v) is 6.29. The summed E-state index contributed by atoms with van der Waals surface area (Å²) in [6.45, 7) is 2.55. The summed E-state index contributed by atoms with van der Waals surface area (Å²) in [5, 5.41) is 9.69. The van der Waals surface area contributed by atoms with Gasteiger partial charge in [-0.2, -0.15) is 5.10 Å². The van der Waals surface area contributed by atoms with Crippen molar-refractivity contribution >= 4 is 23.5 Å². The molecule has 3 heterocycles. The molecule has 1 fully saturated rings. The molecule has 4 N–H and O–H groups in total. The maximum absolute atomic E-state index is 12.2. The number of cyclic esters (lactones) is 1. The highest BCUT2D eigenvalue weighted by Crippen LogP contribution is 2.38. The van der Waals surface area contributed by atoms with Crippen LogP contribution in [0, 0.1) is 0 Å². The number of anilines is 2. The fourth-order valence-corrected chi connectivity index (χ4v) is 3.22. The number of aromatic nitrogens is 2. The van der Waals surface area contributed by atoms with Crippen LogP contribution in [0.4, 0.5) is 16.3 Å². The average molecular weight is 357 g/mol. The molecule has 2 aliphatic heterocycles. The fraction of sp³-hybridized carbons (Fsp3) is 0.353. The SMILES string of the molecule is CC(=O)NC[C@H]1CN(c2ccc3c(c2)OCCc2c(N)n[nH]c2-3)C(=O)O1. The minimum atomic E-state index is -0.444. The molecule has 0 radical (unpaired) electrons. The molecule has 1 aromatic heterocycles. The molecule has 0 unspecified atom stereocenters. The predicted molar refractivity (Wildman–Crippen MR) is 93.9 cm³/mol. The van der Waals surface area contributed by atoms with Gasteiger partial charge in [-0.1, -0.05) is 0 Å². The summed E-state index contributed by atoms with van der Waals surface area (Å²) in [6, 6.07) is 5.51. The lowest BCUT2D eigenvalue weighted by Gasteiger charge is -2.16. The minimum Gasteiger partial charge on any atom is -0.492 e. The van der Waals surface area contributed by atoms with Crippen molar-refractivity contribution in [3.63, 3.8) is 0 Å². The number of nitrogens with one attached hydrogen (secondary N) is 2. The van der Waals surface area contributed by atoms with Crippen LogP contribution in [0.25, 0.3) is 11.3 Å². The Morgan fingerprint density at radius 1 is 1.50 bits per heavy atom.